The van der Waals surface area contributed by atoms with Gasteiger partial charge >= 0.3 is 0 Å². The lowest BCUT2D eigenvalue weighted by Crippen LogP contribution is -2.20. The van der Waals surface area contributed by atoms with Gasteiger partial charge in [-0.1, -0.05) is 5.16 Å². The van der Waals surface area contributed by atoms with E-state index in [9.17, 15) is 0 Å². The lowest BCUT2D eigenvalue weighted by molar-refractivity contribution is 0.0659. The van der Waals surface area contributed by atoms with E-state index in [1.807, 2.05) is 0 Å². The number of nitrogens with two attached hydrogens (primary N) is 1. The lowest BCUT2D eigenvalue weighted by Gasteiger charge is -2.12. The van der Waals surface area contributed by atoms with E-state index in [1.165, 1.54) is 6.20 Å². The van der Waals surface area contributed by atoms with Gasteiger partial charge in [0, 0.05) is 6.61 Å². The summed E-state index contributed by atoms with van der Waals surface area (Å²) in [6, 6.07) is 1.58. The Bertz CT molecular complexity index is 404. The molecule has 1 fully saturated rings. The zero-order valence-electron chi connectivity index (χ0n) is 9.24. The average molecular weight is 238 g/mol. The van der Waals surface area contributed by atoms with Gasteiger partial charge in [-0.3, -0.25) is 0 Å². The molecule has 7 heteroatoms. The largest absolute Gasteiger partial charge is 0.473 e. The second-order valence-corrected chi connectivity index (χ2v) is 3.68. The topological polar surface area (TPSA) is 103 Å². The molecule has 2 rings (SSSR count). The van der Waals surface area contributed by atoms with Crippen LogP contribution in [0.25, 0.3) is 0 Å². The zero-order chi connectivity index (χ0) is 12.1. The first-order valence-electron chi connectivity index (χ1n) is 5.35. The van der Waals surface area contributed by atoms with Crippen LogP contribution in [0.5, 0.6) is 5.88 Å². The Morgan fingerprint density at radius 1 is 1.71 bits per heavy atom. The fraction of sp³-hybridized carbons (Fsp3) is 0.500. The Hall–Kier alpha value is -1.89. The normalized spacial score (nSPS) is 20.5. The van der Waals surface area contributed by atoms with E-state index < -0.39 is 0 Å². The van der Waals surface area contributed by atoms with Crippen molar-refractivity contribution in [2.75, 3.05) is 13.2 Å². The third-order valence-electron chi connectivity index (χ3n) is 2.50. The van der Waals surface area contributed by atoms with Gasteiger partial charge in [0.05, 0.1) is 17.9 Å². The highest BCUT2D eigenvalue weighted by Crippen LogP contribution is 2.16. The standard InChI is InChI=1S/C10H14N4O3/c11-9(14-15)8-3-4-12-13-10(8)17-6-7-2-1-5-16-7/h3-4,7,15H,1-2,5-6H2,(H2,11,14). The van der Waals surface area contributed by atoms with Crippen molar-refractivity contribution in [1.82, 2.24) is 10.2 Å². The van der Waals surface area contributed by atoms with Crippen LogP contribution in [0.4, 0.5) is 0 Å². The summed E-state index contributed by atoms with van der Waals surface area (Å²) in [5.41, 5.74) is 5.92. The summed E-state index contributed by atoms with van der Waals surface area (Å²) in [4.78, 5) is 0. The summed E-state index contributed by atoms with van der Waals surface area (Å²) in [6.45, 7) is 1.16. The summed E-state index contributed by atoms with van der Waals surface area (Å²) in [6.07, 6.45) is 3.55. The number of aromatic nitrogens is 2. The molecule has 1 aliphatic heterocycles. The molecule has 17 heavy (non-hydrogen) atoms. The van der Waals surface area contributed by atoms with Crippen molar-refractivity contribution in [2.24, 2.45) is 10.9 Å². The lowest BCUT2D eigenvalue weighted by atomic mass is 10.2. The van der Waals surface area contributed by atoms with Crippen LogP contribution in [-0.2, 0) is 4.74 Å². The van der Waals surface area contributed by atoms with Crippen LogP contribution in [0.2, 0.25) is 0 Å². The predicted octanol–water partition coefficient (Wildman–Crippen LogP) is 0.129. The van der Waals surface area contributed by atoms with Crippen LogP contribution in [0.1, 0.15) is 18.4 Å². The van der Waals surface area contributed by atoms with E-state index in [-0.39, 0.29) is 17.8 Å². The second kappa shape index (κ2) is 5.44. The van der Waals surface area contributed by atoms with Gasteiger partial charge in [0.1, 0.15) is 6.61 Å². The molecule has 1 aromatic heterocycles. The molecule has 0 aliphatic carbocycles. The molecule has 92 valence electrons. The summed E-state index contributed by atoms with van der Waals surface area (Å²) in [5.74, 6) is 0.195. The van der Waals surface area contributed by atoms with Crippen LogP contribution < -0.4 is 10.5 Å². The van der Waals surface area contributed by atoms with Gasteiger partial charge in [-0.15, -0.1) is 5.10 Å². The zero-order valence-corrected chi connectivity index (χ0v) is 9.24. The van der Waals surface area contributed by atoms with Crippen molar-refractivity contribution >= 4 is 5.84 Å². The molecule has 0 saturated carbocycles. The summed E-state index contributed by atoms with van der Waals surface area (Å²) >= 11 is 0. The van der Waals surface area contributed by atoms with Gasteiger partial charge in [0.2, 0.25) is 5.88 Å². The van der Waals surface area contributed by atoms with Gasteiger partial charge in [-0.25, -0.2) is 0 Å². The quantitative estimate of drug-likeness (QED) is 0.334. The number of hydrogen-bond acceptors (Lipinski definition) is 6. The molecule has 0 amide bonds. The minimum atomic E-state index is -0.0535. The van der Waals surface area contributed by atoms with Crippen LogP contribution >= 0.6 is 0 Å². The maximum absolute atomic E-state index is 8.63. The number of ether oxygens (including phenoxy) is 2. The molecule has 0 aromatic carbocycles. The first-order chi connectivity index (χ1) is 8.31. The minimum Gasteiger partial charge on any atom is -0.473 e. The van der Waals surface area contributed by atoms with Gasteiger partial charge in [-0.05, 0) is 18.9 Å². The fourth-order valence-corrected chi connectivity index (χ4v) is 1.62. The molecule has 0 radical (unpaired) electrons. The monoisotopic (exact) mass is 238 g/mol. The molecule has 3 N–H and O–H groups in total. The maximum atomic E-state index is 8.63. The number of amidine groups is 1. The van der Waals surface area contributed by atoms with E-state index >= 15 is 0 Å². The van der Waals surface area contributed by atoms with Crippen molar-refractivity contribution in [1.29, 1.82) is 0 Å². The number of oxime groups is 1. The highest BCUT2D eigenvalue weighted by molar-refractivity contribution is 5.98. The van der Waals surface area contributed by atoms with Crippen LogP contribution in [-0.4, -0.2) is 40.6 Å². The Kier molecular flexibility index (Phi) is 3.71. The molecular weight excluding hydrogens is 224 g/mol. The molecule has 7 nitrogen and oxygen atoms in total. The Morgan fingerprint density at radius 3 is 3.29 bits per heavy atom. The smallest absolute Gasteiger partial charge is 0.244 e. The summed E-state index contributed by atoms with van der Waals surface area (Å²) in [7, 11) is 0. The molecule has 1 unspecified atom stereocenters. The molecule has 1 atom stereocenters. The Morgan fingerprint density at radius 2 is 2.59 bits per heavy atom. The van der Waals surface area contributed by atoms with Crippen LogP contribution in [0.15, 0.2) is 17.4 Å². The Labute approximate surface area is 98.2 Å². The van der Waals surface area contributed by atoms with Crippen molar-refractivity contribution in [2.45, 2.75) is 18.9 Å². The van der Waals surface area contributed by atoms with E-state index in [1.54, 1.807) is 6.07 Å². The van der Waals surface area contributed by atoms with Crippen molar-refractivity contribution in [3.05, 3.63) is 17.8 Å². The summed E-state index contributed by atoms with van der Waals surface area (Å²) < 4.78 is 10.9. The van der Waals surface area contributed by atoms with Gasteiger partial charge in [-0.2, -0.15) is 5.10 Å². The SMILES string of the molecule is N/C(=N/O)c1ccnnc1OCC1CCCO1. The number of rotatable bonds is 4. The first kappa shape index (κ1) is 11.6. The molecule has 0 spiro atoms. The van der Waals surface area contributed by atoms with Crippen LogP contribution in [0.3, 0.4) is 0 Å². The van der Waals surface area contributed by atoms with Crippen molar-refractivity contribution in [3.63, 3.8) is 0 Å². The average Bonchev–Trinajstić information content (AvgIpc) is 2.89. The summed E-state index contributed by atoms with van der Waals surface area (Å²) in [5, 5.41) is 19.0. The van der Waals surface area contributed by atoms with E-state index in [4.69, 9.17) is 20.4 Å². The minimum absolute atomic E-state index is 0.0535. The number of hydrogen-bond donors (Lipinski definition) is 2. The van der Waals surface area contributed by atoms with E-state index in [2.05, 4.69) is 15.4 Å². The molecule has 0 bridgehead atoms. The second-order valence-electron chi connectivity index (χ2n) is 3.68. The van der Waals surface area contributed by atoms with Crippen LogP contribution in [0, 0.1) is 0 Å². The van der Waals surface area contributed by atoms with Gasteiger partial charge < -0.3 is 20.4 Å². The fourth-order valence-electron chi connectivity index (χ4n) is 1.62. The Balaban J connectivity index is 2.04. The maximum Gasteiger partial charge on any atom is 0.244 e. The van der Waals surface area contributed by atoms with Crippen molar-refractivity contribution < 1.29 is 14.7 Å². The highest BCUT2D eigenvalue weighted by atomic mass is 16.5. The first-order valence-corrected chi connectivity index (χ1v) is 5.35. The van der Waals surface area contributed by atoms with Gasteiger partial charge in [0.15, 0.2) is 5.84 Å². The van der Waals surface area contributed by atoms with Crippen molar-refractivity contribution in [3.8, 4) is 5.88 Å². The molecule has 1 aromatic rings. The van der Waals surface area contributed by atoms with E-state index in [0.717, 1.165) is 19.4 Å². The molecule has 2 heterocycles. The third-order valence-corrected chi connectivity index (χ3v) is 2.50. The molecule has 1 aliphatic rings. The van der Waals surface area contributed by atoms with E-state index in [0.29, 0.717) is 12.2 Å². The highest BCUT2D eigenvalue weighted by Gasteiger charge is 2.18. The predicted molar refractivity (Wildman–Crippen MR) is 59.0 cm³/mol. The molecule has 1 saturated heterocycles. The third kappa shape index (κ3) is 2.82. The molecular formula is C10H14N4O3. The number of nitrogens with zero attached hydrogens (tertiary/aromatic N) is 3. The van der Waals surface area contributed by atoms with Gasteiger partial charge in [0.25, 0.3) is 0 Å².